The summed E-state index contributed by atoms with van der Waals surface area (Å²) in [5.74, 6) is -0.257. The summed E-state index contributed by atoms with van der Waals surface area (Å²) in [6, 6.07) is 11.2. The van der Waals surface area contributed by atoms with Crippen LogP contribution in [0.25, 0.3) is 22.0 Å². The summed E-state index contributed by atoms with van der Waals surface area (Å²) in [6.07, 6.45) is 0. The first-order chi connectivity index (χ1) is 10.9. The molecule has 0 unspecified atom stereocenters. The van der Waals surface area contributed by atoms with Gasteiger partial charge in [0.2, 0.25) is 0 Å². The second-order valence-electron chi connectivity index (χ2n) is 5.24. The van der Waals surface area contributed by atoms with E-state index >= 15 is 0 Å². The highest BCUT2D eigenvalue weighted by Crippen LogP contribution is 2.40. The fraction of sp³-hybridized carbons (Fsp3) is 0. The highest BCUT2D eigenvalue weighted by molar-refractivity contribution is 7.86. The van der Waals surface area contributed by atoms with Crippen molar-refractivity contribution < 1.29 is 17.8 Å². The highest BCUT2D eigenvalue weighted by Gasteiger charge is 2.32. The number of hydrogen-bond acceptors (Lipinski definition) is 4. The number of ketones is 1. The minimum Gasteiger partial charge on any atom is -0.321 e. The fourth-order valence-electron chi connectivity index (χ4n) is 3.07. The second kappa shape index (κ2) is 4.37. The standard InChI is InChI=1S/C16H9NO5S/c18-14-9-5-2-1-4-8(9)13-12-10(14)6-3-7-11(12)17-16(19)15(13)23(20,21)22/h1-7H,(H,17,19)(H,20,21,22). The van der Waals surface area contributed by atoms with Crippen LogP contribution in [-0.2, 0) is 10.1 Å². The third-order valence-electron chi connectivity index (χ3n) is 3.94. The molecule has 1 aliphatic rings. The van der Waals surface area contributed by atoms with E-state index in [4.69, 9.17) is 0 Å². The number of hydrogen-bond donors (Lipinski definition) is 2. The van der Waals surface area contributed by atoms with Crippen LogP contribution in [0.1, 0.15) is 15.9 Å². The molecule has 0 amide bonds. The van der Waals surface area contributed by atoms with Crippen molar-refractivity contribution in [1.29, 1.82) is 0 Å². The Labute approximate surface area is 130 Å². The van der Waals surface area contributed by atoms with Crippen LogP contribution < -0.4 is 5.56 Å². The Morgan fingerprint density at radius 1 is 0.870 bits per heavy atom. The van der Waals surface area contributed by atoms with Gasteiger partial charge in [-0.3, -0.25) is 14.1 Å². The van der Waals surface area contributed by atoms with Crippen molar-refractivity contribution in [1.82, 2.24) is 4.98 Å². The van der Waals surface area contributed by atoms with E-state index in [0.29, 0.717) is 22.0 Å². The zero-order valence-corrected chi connectivity index (χ0v) is 12.3. The molecule has 1 aromatic heterocycles. The molecule has 23 heavy (non-hydrogen) atoms. The molecular formula is C16H9NO5S. The van der Waals surface area contributed by atoms with Crippen molar-refractivity contribution >= 4 is 26.8 Å². The zero-order chi connectivity index (χ0) is 16.4. The molecule has 0 radical (unpaired) electrons. The van der Waals surface area contributed by atoms with Gasteiger partial charge in [-0.2, -0.15) is 8.42 Å². The molecule has 3 aromatic rings. The van der Waals surface area contributed by atoms with E-state index in [0.717, 1.165) is 0 Å². The maximum absolute atomic E-state index is 12.6. The molecule has 2 aromatic carbocycles. The van der Waals surface area contributed by atoms with Crippen molar-refractivity contribution in [3.05, 3.63) is 63.9 Å². The van der Waals surface area contributed by atoms with E-state index in [1.54, 1.807) is 42.5 Å². The minimum atomic E-state index is -4.77. The number of carbonyl (C=O) groups is 1. The van der Waals surface area contributed by atoms with Gasteiger partial charge in [-0.05, 0) is 11.6 Å². The van der Waals surface area contributed by atoms with Gasteiger partial charge in [-0.25, -0.2) is 0 Å². The maximum atomic E-state index is 12.6. The van der Waals surface area contributed by atoms with E-state index in [1.165, 1.54) is 0 Å². The predicted octanol–water partition coefficient (Wildman–Crippen LogP) is 1.99. The van der Waals surface area contributed by atoms with Gasteiger partial charge in [0.1, 0.15) is 0 Å². The first kappa shape index (κ1) is 13.9. The third-order valence-corrected chi connectivity index (χ3v) is 4.84. The third kappa shape index (κ3) is 1.81. The Morgan fingerprint density at radius 3 is 2.22 bits per heavy atom. The lowest BCUT2D eigenvalue weighted by Crippen LogP contribution is -2.22. The molecule has 0 atom stereocenters. The molecule has 1 aliphatic carbocycles. The van der Waals surface area contributed by atoms with Gasteiger partial charge in [0, 0.05) is 27.6 Å². The van der Waals surface area contributed by atoms with Crippen LogP contribution in [0.15, 0.2) is 52.2 Å². The number of fused-ring (bicyclic) bond motifs is 2. The molecule has 0 bridgehead atoms. The largest absolute Gasteiger partial charge is 0.321 e. The molecule has 0 spiro atoms. The lowest BCUT2D eigenvalue weighted by molar-refractivity contribution is 0.104. The molecule has 0 saturated heterocycles. The van der Waals surface area contributed by atoms with Crippen LogP contribution in [-0.4, -0.2) is 23.7 Å². The van der Waals surface area contributed by atoms with Crippen LogP contribution in [0.4, 0.5) is 0 Å². The molecule has 6 nitrogen and oxygen atoms in total. The molecule has 2 N–H and O–H groups in total. The van der Waals surface area contributed by atoms with Gasteiger partial charge in [0.15, 0.2) is 10.7 Å². The fourth-order valence-corrected chi connectivity index (χ4v) is 3.82. The summed E-state index contributed by atoms with van der Waals surface area (Å²) in [4.78, 5) is 26.5. The van der Waals surface area contributed by atoms with Crippen LogP contribution >= 0.6 is 0 Å². The number of aromatic nitrogens is 1. The molecule has 0 fully saturated rings. The number of carbonyl (C=O) groups excluding carboxylic acids is 1. The first-order valence-corrected chi connectivity index (χ1v) is 8.14. The highest BCUT2D eigenvalue weighted by atomic mass is 32.2. The van der Waals surface area contributed by atoms with Gasteiger partial charge < -0.3 is 4.98 Å². The van der Waals surface area contributed by atoms with Crippen LogP contribution in [0, 0.1) is 0 Å². The molecule has 114 valence electrons. The quantitative estimate of drug-likeness (QED) is 0.520. The topological polar surface area (TPSA) is 104 Å². The number of pyridine rings is 1. The van der Waals surface area contributed by atoms with Crippen molar-refractivity contribution in [3.8, 4) is 11.1 Å². The van der Waals surface area contributed by atoms with E-state index in [1.807, 2.05) is 0 Å². The molecular weight excluding hydrogens is 318 g/mol. The number of nitrogens with one attached hydrogen (secondary N) is 1. The van der Waals surface area contributed by atoms with Crippen LogP contribution in [0.2, 0.25) is 0 Å². The van der Waals surface area contributed by atoms with Gasteiger partial charge >= 0.3 is 10.1 Å². The number of benzene rings is 2. The Hall–Kier alpha value is -2.77. The lowest BCUT2D eigenvalue weighted by Gasteiger charge is -2.20. The number of rotatable bonds is 1. The molecule has 0 aliphatic heterocycles. The summed E-state index contributed by atoms with van der Waals surface area (Å²) >= 11 is 0. The van der Waals surface area contributed by atoms with E-state index in [9.17, 15) is 22.6 Å². The average molecular weight is 327 g/mol. The van der Waals surface area contributed by atoms with E-state index in [2.05, 4.69) is 4.98 Å². The maximum Gasteiger partial charge on any atom is 0.300 e. The van der Waals surface area contributed by atoms with Crippen molar-refractivity contribution in [2.75, 3.05) is 0 Å². The zero-order valence-electron chi connectivity index (χ0n) is 11.5. The van der Waals surface area contributed by atoms with E-state index in [-0.39, 0.29) is 16.9 Å². The summed E-state index contributed by atoms with van der Waals surface area (Å²) in [6.45, 7) is 0. The van der Waals surface area contributed by atoms with E-state index < -0.39 is 20.6 Å². The summed E-state index contributed by atoms with van der Waals surface area (Å²) in [7, 11) is -4.77. The van der Waals surface area contributed by atoms with Gasteiger partial charge in [0.05, 0.1) is 0 Å². The first-order valence-electron chi connectivity index (χ1n) is 6.70. The molecule has 0 saturated carbocycles. The summed E-state index contributed by atoms with van der Waals surface area (Å²) in [5.41, 5.74) is 0.395. The molecule has 4 rings (SSSR count). The molecule has 1 heterocycles. The Balaban J connectivity index is 2.39. The van der Waals surface area contributed by atoms with Crippen LogP contribution in [0.5, 0.6) is 0 Å². The Morgan fingerprint density at radius 2 is 1.52 bits per heavy atom. The average Bonchev–Trinajstić information content (AvgIpc) is 2.50. The van der Waals surface area contributed by atoms with Crippen molar-refractivity contribution in [2.45, 2.75) is 4.90 Å². The van der Waals surface area contributed by atoms with Crippen LogP contribution in [0.3, 0.4) is 0 Å². The Bertz CT molecular complexity index is 1170. The van der Waals surface area contributed by atoms with Crippen molar-refractivity contribution in [2.24, 2.45) is 0 Å². The lowest BCUT2D eigenvalue weighted by atomic mass is 9.84. The van der Waals surface area contributed by atoms with Crippen molar-refractivity contribution in [3.63, 3.8) is 0 Å². The Kier molecular flexibility index (Phi) is 2.64. The number of aromatic amines is 1. The predicted molar refractivity (Wildman–Crippen MR) is 83.3 cm³/mol. The monoisotopic (exact) mass is 327 g/mol. The normalized spacial score (nSPS) is 13.2. The minimum absolute atomic E-state index is 0.0667. The van der Waals surface area contributed by atoms with Gasteiger partial charge in [0.25, 0.3) is 5.56 Å². The number of H-pyrrole nitrogens is 1. The SMILES string of the molecule is O=C1c2ccccc2-c2c(S(=O)(=O)O)c(=O)[nH]c3cccc1c23. The second-order valence-corrected chi connectivity index (χ2v) is 6.59. The van der Waals surface area contributed by atoms with Gasteiger partial charge in [-0.1, -0.05) is 36.4 Å². The molecule has 7 heteroatoms. The summed E-state index contributed by atoms with van der Waals surface area (Å²) < 4.78 is 33.0. The van der Waals surface area contributed by atoms with Gasteiger partial charge in [-0.15, -0.1) is 0 Å². The smallest absolute Gasteiger partial charge is 0.300 e. The summed E-state index contributed by atoms with van der Waals surface area (Å²) in [5, 5.41) is 0.323.